The lowest BCUT2D eigenvalue weighted by atomic mass is 10.1. The second-order valence-corrected chi connectivity index (χ2v) is 5.51. The Morgan fingerprint density at radius 2 is 1.80 bits per heavy atom. The number of ether oxygens (including phenoxy) is 1. The highest BCUT2D eigenvalue weighted by Gasteiger charge is 2.34. The molecule has 1 aliphatic carbocycles. The Kier molecular flexibility index (Phi) is 6.99. The summed E-state index contributed by atoms with van der Waals surface area (Å²) in [6.45, 7) is 10.0. The van der Waals surface area contributed by atoms with Crippen molar-refractivity contribution < 1.29 is 14.3 Å². The van der Waals surface area contributed by atoms with E-state index in [4.69, 9.17) is 4.74 Å². The molecule has 0 aliphatic heterocycles. The van der Waals surface area contributed by atoms with Crippen LogP contribution in [0.15, 0.2) is 0 Å². The van der Waals surface area contributed by atoms with Crippen molar-refractivity contribution in [3.63, 3.8) is 0 Å². The fraction of sp³-hybridized carbons (Fsp3) is 0.867. The minimum atomic E-state index is -0.264. The molecule has 0 radical (unpaired) electrons. The largest absolute Gasteiger partial charge is 0.469 e. The SMILES string of the molecule is CCN(CC)CCN(CC(C)C(=O)OC)C(=O)C1CC1. The predicted octanol–water partition coefficient (Wildman–Crippen LogP) is 1.38. The number of methoxy groups -OCH3 is 1. The van der Waals surface area contributed by atoms with E-state index >= 15 is 0 Å². The molecule has 1 aliphatic rings. The maximum absolute atomic E-state index is 12.3. The zero-order valence-electron chi connectivity index (χ0n) is 13.2. The van der Waals surface area contributed by atoms with Crippen LogP contribution in [0, 0.1) is 11.8 Å². The summed E-state index contributed by atoms with van der Waals surface area (Å²) >= 11 is 0. The van der Waals surface area contributed by atoms with Gasteiger partial charge < -0.3 is 14.5 Å². The normalized spacial score (nSPS) is 16.1. The van der Waals surface area contributed by atoms with E-state index < -0.39 is 0 Å². The minimum absolute atomic E-state index is 0.191. The van der Waals surface area contributed by atoms with Crippen molar-refractivity contribution in [2.24, 2.45) is 11.8 Å². The van der Waals surface area contributed by atoms with Crippen LogP contribution in [0.4, 0.5) is 0 Å². The van der Waals surface area contributed by atoms with Gasteiger partial charge in [-0.1, -0.05) is 20.8 Å². The van der Waals surface area contributed by atoms with E-state index in [9.17, 15) is 9.59 Å². The molecule has 0 spiro atoms. The van der Waals surface area contributed by atoms with Crippen molar-refractivity contribution in [3.05, 3.63) is 0 Å². The third-order valence-electron chi connectivity index (χ3n) is 3.92. The molecule has 5 heteroatoms. The van der Waals surface area contributed by atoms with Crippen molar-refractivity contribution in [3.8, 4) is 0 Å². The predicted molar refractivity (Wildman–Crippen MR) is 78.3 cm³/mol. The maximum atomic E-state index is 12.3. The van der Waals surface area contributed by atoms with Crippen LogP contribution in [-0.4, -0.2) is 61.5 Å². The topological polar surface area (TPSA) is 49.9 Å². The Bertz CT molecular complexity index is 325. The van der Waals surface area contributed by atoms with Gasteiger partial charge in [0.2, 0.25) is 5.91 Å². The van der Waals surface area contributed by atoms with Crippen LogP contribution >= 0.6 is 0 Å². The summed E-state index contributed by atoms with van der Waals surface area (Å²) in [7, 11) is 1.39. The Balaban J connectivity index is 2.55. The summed E-state index contributed by atoms with van der Waals surface area (Å²) in [5.74, 6) is -0.120. The summed E-state index contributed by atoms with van der Waals surface area (Å²) in [5.41, 5.74) is 0. The molecule has 1 unspecified atom stereocenters. The summed E-state index contributed by atoms with van der Waals surface area (Å²) in [5, 5.41) is 0. The van der Waals surface area contributed by atoms with Gasteiger partial charge in [0.05, 0.1) is 13.0 Å². The second-order valence-electron chi connectivity index (χ2n) is 5.51. The molecule has 0 aromatic rings. The Labute approximate surface area is 122 Å². The van der Waals surface area contributed by atoms with Gasteiger partial charge in [0.15, 0.2) is 0 Å². The summed E-state index contributed by atoms with van der Waals surface area (Å²) < 4.78 is 4.75. The molecule has 0 saturated heterocycles. The molecule has 1 fully saturated rings. The summed E-state index contributed by atoms with van der Waals surface area (Å²) in [6, 6.07) is 0. The molecular weight excluding hydrogens is 256 g/mol. The Morgan fingerprint density at radius 1 is 1.20 bits per heavy atom. The lowest BCUT2D eigenvalue weighted by molar-refractivity contribution is -0.146. The van der Waals surface area contributed by atoms with E-state index in [0.717, 1.165) is 32.5 Å². The smallest absolute Gasteiger partial charge is 0.310 e. The van der Waals surface area contributed by atoms with Crippen LogP contribution < -0.4 is 0 Å². The van der Waals surface area contributed by atoms with Crippen LogP contribution in [0.2, 0.25) is 0 Å². The van der Waals surface area contributed by atoms with Crippen molar-refractivity contribution in [2.45, 2.75) is 33.6 Å². The Hall–Kier alpha value is -1.10. The monoisotopic (exact) mass is 284 g/mol. The van der Waals surface area contributed by atoms with Crippen molar-refractivity contribution in [1.82, 2.24) is 9.80 Å². The molecule has 0 heterocycles. The van der Waals surface area contributed by atoms with Crippen LogP contribution in [-0.2, 0) is 14.3 Å². The van der Waals surface area contributed by atoms with Crippen LogP contribution in [0.1, 0.15) is 33.6 Å². The number of nitrogens with zero attached hydrogens (tertiary/aromatic N) is 2. The molecule has 0 bridgehead atoms. The van der Waals surface area contributed by atoms with Gasteiger partial charge in [-0.3, -0.25) is 9.59 Å². The molecule has 0 aromatic heterocycles. The quantitative estimate of drug-likeness (QED) is 0.600. The van der Waals surface area contributed by atoms with Gasteiger partial charge in [0.25, 0.3) is 0 Å². The van der Waals surface area contributed by atoms with Gasteiger partial charge in [-0.15, -0.1) is 0 Å². The fourth-order valence-electron chi connectivity index (χ4n) is 2.29. The van der Waals surface area contributed by atoms with Crippen molar-refractivity contribution in [1.29, 1.82) is 0 Å². The number of likely N-dealkylation sites (N-methyl/N-ethyl adjacent to an activating group) is 1. The number of carbonyl (C=O) groups excluding carboxylic acids is 2. The molecule has 1 saturated carbocycles. The zero-order valence-corrected chi connectivity index (χ0v) is 13.2. The highest BCUT2D eigenvalue weighted by Crippen LogP contribution is 2.31. The first kappa shape index (κ1) is 17.0. The van der Waals surface area contributed by atoms with E-state index in [2.05, 4.69) is 18.7 Å². The molecule has 1 amide bonds. The minimum Gasteiger partial charge on any atom is -0.469 e. The maximum Gasteiger partial charge on any atom is 0.310 e. The number of hydrogen-bond acceptors (Lipinski definition) is 4. The van der Waals surface area contributed by atoms with E-state index in [-0.39, 0.29) is 23.7 Å². The molecule has 1 rings (SSSR count). The molecule has 5 nitrogen and oxygen atoms in total. The highest BCUT2D eigenvalue weighted by molar-refractivity contribution is 5.82. The van der Waals surface area contributed by atoms with Crippen molar-refractivity contribution in [2.75, 3.05) is 39.8 Å². The third-order valence-corrected chi connectivity index (χ3v) is 3.92. The average molecular weight is 284 g/mol. The van der Waals surface area contributed by atoms with Crippen LogP contribution in [0.3, 0.4) is 0 Å². The first-order valence-corrected chi connectivity index (χ1v) is 7.62. The standard InChI is InChI=1S/C15H28N2O3/c1-5-16(6-2)9-10-17(14(18)13-7-8-13)11-12(3)15(19)20-4/h12-13H,5-11H2,1-4H3. The van der Waals surface area contributed by atoms with Crippen LogP contribution in [0.5, 0.6) is 0 Å². The average Bonchev–Trinajstić information content (AvgIpc) is 3.29. The molecular formula is C15H28N2O3. The molecule has 0 N–H and O–H groups in total. The third kappa shape index (κ3) is 5.12. The highest BCUT2D eigenvalue weighted by atomic mass is 16.5. The Morgan fingerprint density at radius 3 is 2.25 bits per heavy atom. The van der Waals surface area contributed by atoms with Gasteiger partial charge in [-0.25, -0.2) is 0 Å². The molecule has 20 heavy (non-hydrogen) atoms. The van der Waals surface area contributed by atoms with E-state index in [1.807, 2.05) is 11.8 Å². The number of hydrogen-bond donors (Lipinski definition) is 0. The number of amides is 1. The summed E-state index contributed by atoms with van der Waals surface area (Å²) in [4.78, 5) is 28.0. The first-order chi connectivity index (χ1) is 9.53. The first-order valence-electron chi connectivity index (χ1n) is 7.62. The van der Waals surface area contributed by atoms with Crippen molar-refractivity contribution >= 4 is 11.9 Å². The van der Waals surface area contributed by atoms with E-state index in [0.29, 0.717) is 13.1 Å². The number of carbonyl (C=O) groups is 2. The van der Waals surface area contributed by atoms with E-state index in [1.54, 1.807) is 0 Å². The van der Waals surface area contributed by atoms with Gasteiger partial charge in [-0.2, -0.15) is 0 Å². The number of rotatable bonds is 9. The molecule has 1 atom stereocenters. The van der Waals surface area contributed by atoms with E-state index in [1.165, 1.54) is 7.11 Å². The second kappa shape index (κ2) is 8.25. The lowest BCUT2D eigenvalue weighted by Crippen LogP contribution is -2.42. The van der Waals surface area contributed by atoms with Gasteiger partial charge in [0, 0.05) is 25.6 Å². The molecule has 0 aromatic carbocycles. The number of esters is 1. The lowest BCUT2D eigenvalue weighted by Gasteiger charge is -2.28. The van der Waals surface area contributed by atoms with Gasteiger partial charge >= 0.3 is 5.97 Å². The van der Waals surface area contributed by atoms with Gasteiger partial charge in [0.1, 0.15) is 0 Å². The fourth-order valence-corrected chi connectivity index (χ4v) is 2.29. The van der Waals surface area contributed by atoms with Crippen LogP contribution in [0.25, 0.3) is 0 Å². The summed E-state index contributed by atoms with van der Waals surface area (Å²) in [6.07, 6.45) is 1.99. The zero-order chi connectivity index (χ0) is 15.1. The van der Waals surface area contributed by atoms with Gasteiger partial charge in [-0.05, 0) is 25.9 Å². The molecule has 116 valence electrons.